The van der Waals surface area contributed by atoms with E-state index in [-0.39, 0.29) is 36.2 Å². The molecule has 4 rings (SSSR count). The number of benzene rings is 4. The SMILES string of the molecule is COc1ccccc1NC(=O)c1cc2ccccc2cc1OCC(=O)NCc1ccc(F)cc1. The fourth-order valence-electron chi connectivity index (χ4n) is 3.45. The van der Waals surface area contributed by atoms with Crippen molar-refractivity contribution in [1.82, 2.24) is 5.32 Å². The van der Waals surface area contributed by atoms with E-state index < -0.39 is 5.91 Å². The molecule has 172 valence electrons. The molecule has 0 aromatic heterocycles. The van der Waals surface area contributed by atoms with E-state index >= 15 is 0 Å². The fourth-order valence-corrected chi connectivity index (χ4v) is 3.45. The summed E-state index contributed by atoms with van der Waals surface area (Å²) in [6.45, 7) is -0.0458. The minimum absolute atomic E-state index is 0.237. The van der Waals surface area contributed by atoms with Gasteiger partial charge in [-0.1, -0.05) is 48.5 Å². The highest BCUT2D eigenvalue weighted by Gasteiger charge is 2.17. The summed E-state index contributed by atoms with van der Waals surface area (Å²) in [6.07, 6.45) is 0. The first-order valence-electron chi connectivity index (χ1n) is 10.6. The number of nitrogens with one attached hydrogen (secondary N) is 2. The molecule has 2 N–H and O–H groups in total. The van der Waals surface area contributed by atoms with Gasteiger partial charge in [-0.25, -0.2) is 4.39 Å². The van der Waals surface area contributed by atoms with E-state index in [2.05, 4.69) is 10.6 Å². The highest BCUT2D eigenvalue weighted by molar-refractivity contribution is 6.09. The number of carbonyl (C=O) groups excluding carboxylic acids is 2. The third kappa shape index (κ3) is 5.50. The monoisotopic (exact) mass is 458 g/mol. The molecule has 0 unspecified atom stereocenters. The van der Waals surface area contributed by atoms with Crippen molar-refractivity contribution in [2.45, 2.75) is 6.54 Å². The Morgan fingerprint density at radius 2 is 1.53 bits per heavy atom. The van der Waals surface area contributed by atoms with Crippen molar-refractivity contribution in [3.63, 3.8) is 0 Å². The molecule has 0 aliphatic heterocycles. The minimum atomic E-state index is -0.392. The Balaban J connectivity index is 1.51. The first-order chi connectivity index (χ1) is 16.5. The Bertz CT molecular complexity index is 1320. The summed E-state index contributed by atoms with van der Waals surface area (Å²) in [5.74, 6) is -0.290. The summed E-state index contributed by atoms with van der Waals surface area (Å²) in [7, 11) is 1.53. The van der Waals surface area contributed by atoms with Crippen LogP contribution >= 0.6 is 0 Å². The van der Waals surface area contributed by atoms with Crippen molar-refractivity contribution in [2.24, 2.45) is 0 Å². The van der Waals surface area contributed by atoms with Gasteiger partial charge in [0, 0.05) is 6.54 Å². The maximum atomic E-state index is 13.2. The van der Waals surface area contributed by atoms with Gasteiger partial charge in [-0.05, 0) is 52.7 Å². The van der Waals surface area contributed by atoms with Gasteiger partial charge >= 0.3 is 0 Å². The van der Waals surface area contributed by atoms with Crippen LogP contribution in [-0.4, -0.2) is 25.5 Å². The van der Waals surface area contributed by atoms with Crippen LogP contribution in [0.25, 0.3) is 10.8 Å². The van der Waals surface area contributed by atoms with E-state index in [1.807, 2.05) is 30.3 Å². The van der Waals surface area contributed by atoms with Crippen LogP contribution in [0.5, 0.6) is 11.5 Å². The molecule has 0 radical (unpaired) electrons. The molecule has 0 aliphatic rings. The number of hydrogen-bond donors (Lipinski definition) is 2. The molecule has 7 heteroatoms. The normalized spacial score (nSPS) is 10.5. The molecule has 4 aromatic carbocycles. The van der Waals surface area contributed by atoms with Gasteiger partial charge in [0.05, 0.1) is 18.4 Å². The lowest BCUT2D eigenvalue weighted by Gasteiger charge is -2.15. The van der Waals surface area contributed by atoms with E-state index in [9.17, 15) is 14.0 Å². The highest BCUT2D eigenvalue weighted by Crippen LogP contribution is 2.29. The number of carbonyl (C=O) groups is 2. The number of fused-ring (bicyclic) bond motifs is 1. The lowest BCUT2D eigenvalue weighted by molar-refractivity contribution is -0.123. The summed E-state index contributed by atoms with van der Waals surface area (Å²) in [6, 6.07) is 24.0. The fraction of sp³-hybridized carbons (Fsp3) is 0.111. The molecule has 0 saturated carbocycles. The third-order valence-electron chi connectivity index (χ3n) is 5.21. The van der Waals surface area contributed by atoms with E-state index in [4.69, 9.17) is 9.47 Å². The Morgan fingerprint density at radius 3 is 2.26 bits per heavy atom. The molecule has 0 saturated heterocycles. The van der Waals surface area contributed by atoms with Crippen LogP contribution < -0.4 is 20.1 Å². The van der Waals surface area contributed by atoms with Gasteiger partial charge in [-0.15, -0.1) is 0 Å². The number of halogens is 1. The van der Waals surface area contributed by atoms with Crippen LogP contribution in [0.15, 0.2) is 84.9 Å². The third-order valence-corrected chi connectivity index (χ3v) is 5.21. The Labute approximate surface area is 196 Å². The molecule has 0 spiro atoms. The number of amides is 2. The van der Waals surface area contributed by atoms with E-state index in [1.165, 1.54) is 19.2 Å². The van der Waals surface area contributed by atoms with Crippen molar-refractivity contribution in [1.29, 1.82) is 0 Å². The summed E-state index contributed by atoms with van der Waals surface area (Å²) in [5, 5.41) is 7.31. The van der Waals surface area contributed by atoms with Gasteiger partial charge in [-0.3, -0.25) is 9.59 Å². The van der Waals surface area contributed by atoms with Crippen LogP contribution in [0.3, 0.4) is 0 Å². The summed E-state index contributed by atoms with van der Waals surface area (Å²) in [4.78, 5) is 25.5. The smallest absolute Gasteiger partial charge is 0.259 e. The zero-order valence-electron chi connectivity index (χ0n) is 18.5. The lowest BCUT2D eigenvalue weighted by atomic mass is 10.1. The summed E-state index contributed by atoms with van der Waals surface area (Å²) < 4.78 is 24.1. The predicted molar refractivity (Wildman–Crippen MR) is 129 cm³/mol. The standard InChI is InChI=1S/C27H23FN2O4/c1-33-24-9-5-4-8-23(24)30-27(32)22-14-19-6-2-3-7-20(19)15-25(22)34-17-26(31)29-16-18-10-12-21(28)13-11-18/h2-15H,16-17H2,1H3,(H,29,31)(H,30,32). The maximum absolute atomic E-state index is 13.2. The van der Waals surface area contributed by atoms with Crippen LogP contribution in [0.2, 0.25) is 0 Å². The van der Waals surface area contributed by atoms with Crippen molar-refractivity contribution >= 4 is 28.3 Å². The number of anilines is 1. The molecule has 0 fully saturated rings. The number of rotatable bonds is 8. The van der Waals surface area contributed by atoms with Gasteiger partial charge < -0.3 is 20.1 Å². The van der Waals surface area contributed by atoms with Gasteiger partial charge in [0.1, 0.15) is 17.3 Å². The second-order valence-electron chi connectivity index (χ2n) is 7.54. The molecule has 4 aromatic rings. The van der Waals surface area contributed by atoms with Gasteiger partial charge in [0.2, 0.25) is 0 Å². The van der Waals surface area contributed by atoms with Gasteiger partial charge in [0.25, 0.3) is 11.8 Å². The van der Waals surface area contributed by atoms with Crippen LogP contribution in [0, 0.1) is 5.82 Å². The molecule has 2 amide bonds. The molecule has 6 nitrogen and oxygen atoms in total. The molecule has 0 bridgehead atoms. The minimum Gasteiger partial charge on any atom is -0.495 e. The number of para-hydroxylation sites is 2. The van der Waals surface area contributed by atoms with E-state index in [0.717, 1.165) is 16.3 Å². The Kier molecular flexibility index (Phi) is 7.03. The van der Waals surface area contributed by atoms with Gasteiger partial charge in [0.15, 0.2) is 6.61 Å². The Hall–Kier alpha value is -4.39. The quantitative estimate of drug-likeness (QED) is 0.392. The Morgan fingerprint density at radius 1 is 0.853 bits per heavy atom. The van der Waals surface area contributed by atoms with Crippen molar-refractivity contribution in [3.05, 3.63) is 102 Å². The average molecular weight is 458 g/mol. The number of ether oxygens (including phenoxy) is 2. The second kappa shape index (κ2) is 10.5. The molecular formula is C27H23FN2O4. The first kappa shape index (κ1) is 22.8. The zero-order chi connectivity index (χ0) is 23.9. The summed E-state index contributed by atoms with van der Waals surface area (Å²) in [5.41, 5.74) is 1.57. The van der Waals surface area contributed by atoms with Gasteiger partial charge in [-0.2, -0.15) is 0 Å². The van der Waals surface area contributed by atoms with Crippen molar-refractivity contribution < 1.29 is 23.5 Å². The zero-order valence-corrected chi connectivity index (χ0v) is 18.5. The van der Waals surface area contributed by atoms with Crippen LogP contribution in [0.1, 0.15) is 15.9 Å². The summed E-state index contributed by atoms with van der Waals surface area (Å²) >= 11 is 0. The molecule has 34 heavy (non-hydrogen) atoms. The topological polar surface area (TPSA) is 76.7 Å². The second-order valence-corrected chi connectivity index (χ2v) is 7.54. The lowest BCUT2D eigenvalue weighted by Crippen LogP contribution is -2.28. The molecule has 0 aliphatic carbocycles. The van der Waals surface area contributed by atoms with E-state index in [1.54, 1.807) is 42.5 Å². The van der Waals surface area contributed by atoms with Crippen LogP contribution in [-0.2, 0) is 11.3 Å². The van der Waals surface area contributed by atoms with Crippen molar-refractivity contribution in [3.8, 4) is 11.5 Å². The molecule has 0 heterocycles. The largest absolute Gasteiger partial charge is 0.495 e. The predicted octanol–water partition coefficient (Wildman–Crippen LogP) is 4.94. The molecule has 0 atom stereocenters. The van der Waals surface area contributed by atoms with Crippen LogP contribution in [0.4, 0.5) is 10.1 Å². The van der Waals surface area contributed by atoms with Crippen molar-refractivity contribution in [2.75, 3.05) is 19.0 Å². The maximum Gasteiger partial charge on any atom is 0.259 e. The van der Waals surface area contributed by atoms with E-state index in [0.29, 0.717) is 11.4 Å². The highest BCUT2D eigenvalue weighted by atomic mass is 19.1. The average Bonchev–Trinajstić information content (AvgIpc) is 2.86. The first-order valence-corrected chi connectivity index (χ1v) is 10.6. The number of hydrogen-bond acceptors (Lipinski definition) is 4. The molecular weight excluding hydrogens is 435 g/mol. The number of methoxy groups -OCH3 is 1.